The molecular formula is C26H51F2NO6Si. The lowest BCUT2D eigenvalue weighted by Crippen LogP contribution is -2.46. The van der Waals surface area contributed by atoms with E-state index in [2.05, 4.69) is 5.32 Å². The van der Waals surface area contributed by atoms with Gasteiger partial charge in [-0.15, -0.1) is 0 Å². The molecule has 0 radical (unpaired) electrons. The summed E-state index contributed by atoms with van der Waals surface area (Å²) >= 11 is 0. The third-order valence-electron chi connectivity index (χ3n) is 4.82. The van der Waals surface area contributed by atoms with Crippen LogP contribution in [0.3, 0.4) is 0 Å². The summed E-state index contributed by atoms with van der Waals surface area (Å²) in [6.45, 7) is 11.4. The van der Waals surface area contributed by atoms with Crippen molar-refractivity contribution in [1.82, 2.24) is 5.32 Å². The van der Waals surface area contributed by atoms with Crippen molar-refractivity contribution in [3.8, 4) is 0 Å². The zero-order valence-corrected chi connectivity index (χ0v) is 24.2. The van der Waals surface area contributed by atoms with Gasteiger partial charge >= 0.3 is 14.9 Å². The summed E-state index contributed by atoms with van der Waals surface area (Å²) in [5.41, 5.74) is 0. The minimum atomic E-state index is -2.64. The van der Waals surface area contributed by atoms with Crippen LogP contribution in [0.15, 0.2) is 23.8 Å². The fraction of sp³-hybridized carbons (Fsp3) is 0.808. The van der Waals surface area contributed by atoms with Gasteiger partial charge in [-0.1, -0.05) is 18.6 Å². The number of hydrogen-bond donors (Lipinski definition) is 2. The van der Waals surface area contributed by atoms with Gasteiger partial charge in [0.2, 0.25) is 0 Å². The molecule has 0 fully saturated rings. The average molecular weight is 540 g/mol. The van der Waals surface area contributed by atoms with Crippen molar-refractivity contribution in [2.24, 2.45) is 0 Å². The number of aliphatic hydroxyl groups excluding tert-OH is 1. The minimum absolute atomic E-state index is 0.107. The Morgan fingerprint density at radius 1 is 0.806 bits per heavy atom. The quantitative estimate of drug-likeness (QED) is 0.121. The monoisotopic (exact) mass is 539 g/mol. The minimum Gasteiger partial charge on any atom is -0.450 e. The van der Waals surface area contributed by atoms with Crippen molar-refractivity contribution < 1.29 is 36.7 Å². The molecule has 2 N–H and O–H groups in total. The first-order valence-corrected chi connectivity index (χ1v) is 15.3. The van der Waals surface area contributed by atoms with Gasteiger partial charge in [-0.05, 0) is 86.0 Å². The van der Waals surface area contributed by atoms with Gasteiger partial charge < -0.3 is 28.4 Å². The summed E-state index contributed by atoms with van der Waals surface area (Å²) in [5, 5.41) is 11.1. The molecule has 36 heavy (non-hydrogen) atoms. The summed E-state index contributed by atoms with van der Waals surface area (Å²) in [6, 6.07) is 0.657. The molecule has 0 unspecified atom stereocenters. The van der Waals surface area contributed by atoms with Crippen LogP contribution in [0.1, 0.15) is 92.4 Å². The normalized spacial score (nSPS) is 12.2. The molecule has 1 amide bonds. The number of halogens is 2. The highest BCUT2D eigenvalue weighted by molar-refractivity contribution is 6.60. The number of unbranched alkanes of at least 4 members (excludes halogenated alkanes) is 6. The Labute approximate surface area is 219 Å². The highest BCUT2D eigenvalue weighted by Crippen LogP contribution is 2.17. The predicted octanol–water partition coefficient (Wildman–Crippen LogP) is 7.00. The molecule has 0 heterocycles. The zero-order valence-electron chi connectivity index (χ0n) is 23.2. The van der Waals surface area contributed by atoms with Gasteiger partial charge in [-0.25, -0.2) is 13.6 Å². The molecule has 7 nitrogen and oxygen atoms in total. The van der Waals surface area contributed by atoms with Gasteiger partial charge in [0, 0.05) is 39.0 Å². The summed E-state index contributed by atoms with van der Waals surface area (Å²) < 4.78 is 46.9. The first-order chi connectivity index (χ1) is 17.3. The van der Waals surface area contributed by atoms with Gasteiger partial charge in [0.25, 0.3) is 0 Å². The van der Waals surface area contributed by atoms with Crippen LogP contribution in [0, 0.1) is 0 Å². The number of hydrogen-bond acceptors (Lipinski definition) is 6. The summed E-state index contributed by atoms with van der Waals surface area (Å²) in [5.74, 6) is -0.255. The molecule has 0 aliphatic heterocycles. The first-order valence-electron chi connectivity index (χ1n) is 13.3. The first kappa shape index (κ1) is 36.8. The lowest BCUT2D eigenvalue weighted by atomic mass is 10.2. The zero-order chi connectivity index (χ0) is 27.5. The molecule has 10 heteroatoms. The van der Waals surface area contributed by atoms with E-state index in [0.717, 1.165) is 51.4 Å². The molecule has 0 rings (SSSR count). The van der Waals surface area contributed by atoms with Crippen molar-refractivity contribution in [2.75, 3.05) is 39.6 Å². The van der Waals surface area contributed by atoms with E-state index in [1.807, 2.05) is 20.8 Å². The van der Waals surface area contributed by atoms with Crippen LogP contribution in [0.4, 0.5) is 13.6 Å². The number of carbonyl (C=O) groups excluding carboxylic acids is 1. The second-order valence-electron chi connectivity index (χ2n) is 8.15. The molecule has 0 saturated carbocycles. The molecular weight excluding hydrogens is 488 g/mol. The van der Waals surface area contributed by atoms with Crippen molar-refractivity contribution >= 4 is 14.9 Å². The maximum absolute atomic E-state index is 12.5. The topological polar surface area (TPSA) is 86.3 Å². The largest absolute Gasteiger partial charge is 0.500 e. The van der Waals surface area contributed by atoms with E-state index in [4.69, 9.17) is 23.1 Å². The maximum Gasteiger partial charge on any atom is 0.500 e. The Balaban J connectivity index is 0. The van der Waals surface area contributed by atoms with E-state index in [-0.39, 0.29) is 18.3 Å². The van der Waals surface area contributed by atoms with E-state index < -0.39 is 14.9 Å². The number of nitrogens with one attached hydrogen (secondary N) is 1. The molecule has 0 aromatic carbocycles. The van der Waals surface area contributed by atoms with Gasteiger partial charge in [-0.2, -0.15) is 0 Å². The second kappa shape index (κ2) is 26.7. The van der Waals surface area contributed by atoms with Crippen LogP contribution < -0.4 is 5.32 Å². The fourth-order valence-electron chi connectivity index (χ4n) is 3.17. The standard InChI is InChI=1S/C18H36FNO5Si.C8H15FO/c1-5-23-26(24-6-2,25-7-3)16-12-14-20-18(21)22-15-11-9-8-10-13-17(4)19;1-8(9)6-4-2-3-5-7-10/h13H,5-12,14-16H2,1-4H3,(H,20,21);6,10H,2-5,7H2,1H3/b17-13-;8-6-. The van der Waals surface area contributed by atoms with E-state index in [1.54, 1.807) is 12.2 Å². The lowest BCUT2D eigenvalue weighted by Gasteiger charge is -2.28. The SMILES string of the molecule is C/C(F)=C/CCCCCO.CCO[Si](CCCNC(=O)OCCCCC/C=C(/C)F)(OCC)OCC. The van der Waals surface area contributed by atoms with Gasteiger partial charge in [0.05, 0.1) is 18.3 Å². The van der Waals surface area contributed by atoms with Crippen LogP contribution in [-0.4, -0.2) is 59.6 Å². The van der Waals surface area contributed by atoms with Gasteiger partial charge in [0.15, 0.2) is 0 Å². The third-order valence-corrected chi connectivity index (χ3v) is 7.97. The molecule has 0 aromatic rings. The van der Waals surface area contributed by atoms with E-state index in [1.165, 1.54) is 13.8 Å². The van der Waals surface area contributed by atoms with Crippen LogP contribution >= 0.6 is 0 Å². The van der Waals surface area contributed by atoms with E-state index in [9.17, 15) is 13.6 Å². The van der Waals surface area contributed by atoms with Crippen LogP contribution in [0.2, 0.25) is 6.04 Å². The highest BCUT2D eigenvalue weighted by atomic mass is 28.4. The van der Waals surface area contributed by atoms with Crippen LogP contribution in [-0.2, 0) is 18.0 Å². The van der Waals surface area contributed by atoms with Crippen molar-refractivity contribution in [3.05, 3.63) is 23.8 Å². The third kappa shape index (κ3) is 25.8. The number of amides is 1. The Morgan fingerprint density at radius 2 is 1.31 bits per heavy atom. The highest BCUT2D eigenvalue weighted by Gasteiger charge is 2.39. The number of alkyl carbamates (subject to hydrolysis) is 1. The molecule has 0 aliphatic rings. The van der Waals surface area contributed by atoms with E-state index in [0.29, 0.717) is 45.4 Å². The average Bonchev–Trinajstić information content (AvgIpc) is 2.82. The van der Waals surface area contributed by atoms with Gasteiger partial charge in [0.1, 0.15) is 0 Å². The summed E-state index contributed by atoms with van der Waals surface area (Å²) in [6.07, 6.45) is 10.3. The molecule has 0 aromatic heterocycles. The number of aliphatic hydroxyl groups is 1. The number of rotatable bonds is 21. The van der Waals surface area contributed by atoms with Crippen molar-refractivity contribution in [2.45, 2.75) is 98.5 Å². The Morgan fingerprint density at radius 3 is 1.75 bits per heavy atom. The smallest absolute Gasteiger partial charge is 0.450 e. The van der Waals surface area contributed by atoms with Gasteiger partial charge in [-0.3, -0.25) is 0 Å². The lowest BCUT2D eigenvalue weighted by molar-refractivity contribution is 0.0706. The number of carbonyl (C=O) groups is 1. The molecule has 0 spiro atoms. The molecule has 0 atom stereocenters. The van der Waals surface area contributed by atoms with Crippen molar-refractivity contribution in [3.63, 3.8) is 0 Å². The van der Waals surface area contributed by atoms with Crippen LogP contribution in [0.25, 0.3) is 0 Å². The van der Waals surface area contributed by atoms with E-state index >= 15 is 0 Å². The molecule has 0 saturated heterocycles. The van der Waals surface area contributed by atoms with Crippen molar-refractivity contribution in [1.29, 1.82) is 0 Å². The Kier molecular flexibility index (Phi) is 27.3. The second-order valence-corrected chi connectivity index (χ2v) is 10.9. The molecule has 0 aliphatic carbocycles. The fourth-order valence-corrected chi connectivity index (χ4v) is 5.78. The van der Waals surface area contributed by atoms with Crippen LogP contribution in [0.5, 0.6) is 0 Å². The molecule has 214 valence electrons. The number of ether oxygens (including phenoxy) is 1. The Bertz CT molecular complexity index is 554. The summed E-state index contributed by atoms with van der Waals surface area (Å²) in [7, 11) is -2.64. The predicted molar refractivity (Wildman–Crippen MR) is 143 cm³/mol. The number of allylic oxidation sites excluding steroid dienone is 4. The molecule has 0 bridgehead atoms. The summed E-state index contributed by atoms with van der Waals surface area (Å²) in [4.78, 5) is 11.6. The maximum atomic E-state index is 12.5. The Hall–Kier alpha value is -1.33.